The molecule has 1 unspecified atom stereocenters. The number of para-hydroxylation sites is 1. The lowest BCUT2D eigenvalue weighted by molar-refractivity contribution is -0.140. The molecule has 0 spiro atoms. The van der Waals surface area contributed by atoms with E-state index in [-0.39, 0.29) is 30.6 Å². The second-order valence-corrected chi connectivity index (χ2v) is 6.89. The molecule has 152 valence electrons. The Labute approximate surface area is 169 Å². The van der Waals surface area contributed by atoms with E-state index < -0.39 is 17.7 Å². The first-order chi connectivity index (χ1) is 14.0. The van der Waals surface area contributed by atoms with E-state index in [2.05, 4.69) is 4.98 Å². The van der Waals surface area contributed by atoms with Crippen LogP contribution in [0.2, 0.25) is 0 Å². The van der Waals surface area contributed by atoms with Crippen molar-refractivity contribution < 1.29 is 24.2 Å². The summed E-state index contributed by atoms with van der Waals surface area (Å²) in [7, 11) is 1.52. The van der Waals surface area contributed by atoms with Crippen molar-refractivity contribution in [3.8, 4) is 5.75 Å². The van der Waals surface area contributed by atoms with Crippen molar-refractivity contribution in [2.45, 2.75) is 26.0 Å². The molecule has 1 aromatic heterocycles. The van der Waals surface area contributed by atoms with Gasteiger partial charge in [-0.25, -0.2) is 0 Å². The van der Waals surface area contributed by atoms with Gasteiger partial charge in [0.1, 0.15) is 11.5 Å². The lowest BCUT2D eigenvalue weighted by Crippen LogP contribution is -2.33. The number of hydrogen-bond donors (Lipinski definition) is 1. The largest absolute Gasteiger partial charge is 0.507 e. The van der Waals surface area contributed by atoms with Gasteiger partial charge in [-0.15, -0.1) is 0 Å². The summed E-state index contributed by atoms with van der Waals surface area (Å²) in [5.74, 6) is -1.13. The Morgan fingerprint density at radius 3 is 2.52 bits per heavy atom. The number of benzene rings is 1. The molecule has 0 aliphatic carbocycles. The number of ether oxygens (including phenoxy) is 2. The highest BCUT2D eigenvalue weighted by Crippen LogP contribution is 2.42. The van der Waals surface area contributed by atoms with Gasteiger partial charge in [-0.2, -0.15) is 0 Å². The molecule has 2 heterocycles. The number of aliphatic hydroxyl groups is 1. The number of Topliss-reactive ketones (excluding diaryl/α,β-unsaturated/α-hetero) is 1. The number of aliphatic hydroxyl groups excluding tert-OH is 1. The van der Waals surface area contributed by atoms with Crippen LogP contribution in [0.15, 0.2) is 54.4 Å². The highest BCUT2D eigenvalue weighted by atomic mass is 16.5. The van der Waals surface area contributed by atoms with Crippen LogP contribution in [0, 0.1) is 0 Å². The maximum absolute atomic E-state index is 12.9. The number of ketones is 1. The fourth-order valence-corrected chi connectivity index (χ4v) is 3.38. The van der Waals surface area contributed by atoms with Crippen LogP contribution in [0.5, 0.6) is 5.75 Å². The Morgan fingerprint density at radius 2 is 1.86 bits per heavy atom. The zero-order valence-electron chi connectivity index (χ0n) is 16.7. The van der Waals surface area contributed by atoms with Gasteiger partial charge in [-0.1, -0.05) is 18.2 Å². The maximum Gasteiger partial charge on any atom is 0.295 e. The number of nitrogens with zero attached hydrogens (tertiary/aromatic N) is 2. The van der Waals surface area contributed by atoms with E-state index in [9.17, 15) is 14.7 Å². The molecule has 1 saturated heterocycles. The summed E-state index contributed by atoms with van der Waals surface area (Å²) in [4.78, 5) is 31.1. The van der Waals surface area contributed by atoms with Crippen molar-refractivity contribution in [2.24, 2.45) is 0 Å². The molecule has 1 amide bonds. The van der Waals surface area contributed by atoms with Gasteiger partial charge < -0.3 is 19.5 Å². The molecule has 7 nitrogen and oxygen atoms in total. The van der Waals surface area contributed by atoms with Crippen LogP contribution >= 0.6 is 0 Å². The minimum Gasteiger partial charge on any atom is -0.507 e. The Hall–Kier alpha value is -3.19. The average Bonchev–Trinajstić information content (AvgIpc) is 2.98. The number of amides is 1. The molecular formula is C22H24N2O5. The van der Waals surface area contributed by atoms with Gasteiger partial charge in [-0.3, -0.25) is 14.6 Å². The Bertz CT molecular complexity index is 924. The predicted molar refractivity (Wildman–Crippen MR) is 107 cm³/mol. The molecule has 1 aliphatic rings. The second kappa shape index (κ2) is 8.87. The lowest BCUT2D eigenvalue weighted by atomic mass is 9.95. The van der Waals surface area contributed by atoms with E-state index in [4.69, 9.17) is 9.47 Å². The van der Waals surface area contributed by atoms with Crippen LogP contribution in [0.3, 0.4) is 0 Å². The quantitative estimate of drug-likeness (QED) is 0.440. The number of likely N-dealkylation sites (tertiary alicyclic amines) is 1. The number of pyridine rings is 1. The van der Waals surface area contributed by atoms with Crippen molar-refractivity contribution in [1.29, 1.82) is 0 Å². The minimum absolute atomic E-state index is 0.00616. The molecule has 29 heavy (non-hydrogen) atoms. The van der Waals surface area contributed by atoms with Crippen molar-refractivity contribution in [3.63, 3.8) is 0 Å². The number of carbonyl (C=O) groups is 2. The van der Waals surface area contributed by atoms with Crippen LogP contribution in [0.25, 0.3) is 5.76 Å². The van der Waals surface area contributed by atoms with Gasteiger partial charge in [0.05, 0.1) is 31.4 Å². The van der Waals surface area contributed by atoms with Crippen molar-refractivity contribution in [1.82, 2.24) is 9.88 Å². The van der Waals surface area contributed by atoms with Crippen LogP contribution in [-0.4, -0.2) is 53.0 Å². The van der Waals surface area contributed by atoms with Crippen molar-refractivity contribution in [3.05, 3.63) is 65.5 Å². The first-order valence-corrected chi connectivity index (χ1v) is 9.39. The standard InChI is InChI=1S/C22H24N2O5/c1-14(2)29-13-12-24-19(16-6-4-5-7-17(16)28-3)18(21(26)22(24)27)20(25)15-8-10-23-11-9-15/h4-11,14,19,25H,12-13H2,1-3H3/b20-18-. The topological polar surface area (TPSA) is 89.0 Å². The molecule has 1 fully saturated rings. The van der Waals surface area contributed by atoms with Gasteiger partial charge in [0, 0.05) is 30.1 Å². The Morgan fingerprint density at radius 1 is 1.17 bits per heavy atom. The molecule has 0 bridgehead atoms. The molecule has 0 radical (unpaired) electrons. The third-order valence-corrected chi connectivity index (χ3v) is 4.71. The van der Waals surface area contributed by atoms with Gasteiger partial charge in [-0.05, 0) is 32.0 Å². The molecule has 2 aromatic rings. The van der Waals surface area contributed by atoms with Crippen molar-refractivity contribution in [2.75, 3.05) is 20.3 Å². The van der Waals surface area contributed by atoms with E-state index in [0.717, 1.165) is 0 Å². The fraction of sp³-hybridized carbons (Fsp3) is 0.318. The number of methoxy groups -OCH3 is 1. The minimum atomic E-state index is -0.782. The third kappa shape index (κ3) is 4.14. The predicted octanol–water partition coefficient (Wildman–Crippen LogP) is 2.94. The highest BCUT2D eigenvalue weighted by Gasteiger charge is 2.46. The smallest absolute Gasteiger partial charge is 0.295 e. The van der Waals surface area contributed by atoms with E-state index in [1.165, 1.54) is 24.4 Å². The van der Waals surface area contributed by atoms with Crippen LogP contribution < -0.4 is 4.74 Å². The second-order valence-electron chi connectivity index (χ2n) is 6.89. The number of carbonyl (C=O) groups excluding carboxylic acids is 2. The Kier molecular flexibility index (Phi) is 6.29. The monoisotopic (exact) mass is 396 g/mol. The Balaban J connectivity index is 2.13. The first kappa shape index (κ1) is 20.5. The van der Waals surface area contributed by atoms with Gasteiger partial charge in [0.15, 0.2) is 0 Å². The van der Waals surface area contributed by atoms with Crippen LogP contribution in [0.4, 0.5) is 0 Å². The van der Waals surface area contributed by atoms with E-state index in [0.29, 0.717) is 16.9 Å². The average molecular weight is 396 g/mol. The zero-order chi connectivity index (χ0) is 21.0. The summed E-state index contributed by atoms with van der Waals surface area (Å²) in [6.45, 7) is 4.27. The van der Waals surface area contributed by atoms with E-state index in [1.54, 1.807) is 36.4 Å². The maximum atomic E-state index is 12.9. The normalized spacial score (nSPS) is 18.5. The first-order valence-electron chi connectivity index (χ1n) is 9.39. The molecule has 3 rings (SSSR count). The van der Waals surface area contributed by atoms with E-state index >= 15 is 0 Å². The zero-order valence-corrected chi connectivity index (χ0v) is 16.7. The van der Waals surface area contributed by atoms with E-state index in [1.807, 2.05) is 13.8 Å². The van der Waals surface area contributed by atoms with Gasteiger partial charge in [0.2, 0.25) is 0 Å². The van der Waals surface area contributed by atoms with Gasteiger partial charge >= 0.3 is 0 Å². The molecule has 0 saturated carbocycles. The molecule has 7 heteroatoms. The third-order valence-electron chi connectivity index (χ3n) is 4.71. The molecule has 1 N–H and O–H groups in total. The fourth-order valence-electron chi connectivity index (χ4n) is 3.38. The number of rotatable bonds is 7. The van der Waals surface area contributed by atoms with Crippen LogP contribution in [-0.2, 0) is 14.3 Å². The molecule has 1 aliphatic heterocycles. The SMILES string of the molecule is COc1ccccc1C1/C(=C(/O)c2ccncc2)C(=O)C(=O)N1CCOC(C)C. The number of hydrogen-bond acceptors (Lipinski definition) is 6. The summed E-state index contributed by atoms with van der Waals surface area (Å²) >= 11 is 0. The molecule has 1 aromatic carbocycles. The number of aromatic nitrogens is 1. The lowest BCUT2D eigenvalue weighted by Gasteiger charge is -2.26. The van der Waals surface area contributed by atoms with Crippen molar-refractivity contribution >= 4 is 17.4 Å². The summed E-state index contributed by atoms with van der Waals surface area (Å²) < 4.78 is 11.0. The summed E-state index contributed by atoms with van der Waals surface area (Å²) in [5.41, 5.74) is 1.06. The molecule has 1 atom stereocenters. The van der Waals surface area contributed by atoms with Gasteiger partial charge in [0.25, 0.3) is 11.7 Å². The summed E-state index contributed by atoms with van der Waals surface area (Å²) in [5, 5.41) is 10.9. The highest BCUT2D eigenvalue weighted by molar-refractivity contribution is 6.46. The summed E-state index contributed by atoms with van der Waals surface area (Å²) in [6.07, 6.45) is 3.02. The van der Waals surface area contributed by atoms with Crippen LogP contribution in [0.1, 0.15) is 31.0 Å². The molecular weight excluding hydrogens is 372 g/mol. The summed E-state index contributed by atoms with van der Waals surface area (Å²) in [6, 6.07) is 9.54.